The molecule has 1 atom stereocenters. The third-order valence-electron chi connectivity index (χ3n) is 2.38. The summed E-state index contributed by atoms with van der Waals surface area (Å²) in [6.07, 6.45) is 0.806. The molecule has 0 radical (unpaired) electrons. The van der Waals surface area contributed by atoms with Crippen LogP contribution in [0.2, 0.25) is 5.82 Å². The molecule has 0 heterocycles. The largest absolute Gasteiger partial charge is 0.402 e. The second-order valence-electron chi connectivity index (χ2n) is 4.73. The summed E-state index contributed by atoms with van der Waals surface area (Å²) in [5.41, 5.74) is -0.301. The van der Waals surface area contributed by atoms with E-state index in [2.05, 4.69) is 10.5 Å². The van der Waals surface area contributed by atoms with Crippen LogP contribution in [0.5, 0.6) is 0 Å². The third kappa shape index (κ3) is 4.86. The zero-order valence-corrected chi connectivity index (χ0v) is 10.4. The molecule has 3 N–H and O–H groups in total. The van der Waals surface area contributed by atoms with E-state index in [0.717, 1.165) is 6.42 Å². The van der Waals surface area contributed by atoms with Crippen LogP contribution in [-0.2, 0) is 4.79 Å². The monoisotopic (exact) mass is 211 g/mol. The van der Waals surface area contributed by atoms with Gasteiger partial charge in [-0.3, -0.25) is 10.2 Å². The molecule has 0 spiro atoms. The Labute approximate surface area is 93.0 Å². The molecule has 4 nitrogen and oxygen atoms in total. The lowest BCUT2D eigenvalue weighted by Gasteiger charge is -2.23. The predicted octanol–water partition coefficient (Wildman–Crippen LogP) is 0.895. The first-order chi connectivity index (χ1) is 6.82. The maximum absolute atomic E-state index is 12.0. The smallest absolute Gasteiger partial charge is 0.246 e. The fraction of sp³-hybridized carbons (Fsp3) is 0.800. The van der Waals surface area contributed by atoms with Crippen molar-refractivity contribution >= 4 is 19.2 Å². The van der Waals surface area contributed by atoms with Crippen molar-refractivity contribution in [1.82, 2.24) is 10.5 Å². The summed E-state index contributed by atoms with van der Waals surface area (Å²) in [7, 11) is 2.22. The van der Waals surface area contributed by atoms with Gasteiger partial charge >= 0.3 is 0 Å². The van der Waals surface area contributed by atoms with Crippen LogP contribution in [0.3, 0.4) is 0 Å². The molecule has 0 aromatic carbocycles. The molecule has 0 bridgehead atoms. The van der Waals surface area contributed by atoms with Gasteiger partial charge in [-0.25, -0.2) is 0 Å². The van der Waals surface area contributed by atoms with E-state index < -0.39 is 0 Å². The Hall–Kier alpha value is -0.995. The van der Waals surface area contributed by atoms with Gasteiger partial charge in [-0.15, -0.1) is 0 Å². The van der Waals surface area contributed by atoms with Gasteiger partial charge in [-0.05, 0) is 0 Å². The molecule has 0 fully saturated rings. The minimum absolute atomic E-state index is 0.0151. The minimum Gasteiger partial charge on any atom is -0.402 e. The second kappa shape index (κ2) is 5.78. The molecule has 0 amide bonds. The maximum Gasteiger partial charge on any atom is 0.246 e. The molecule has 0 aromatic rings. The Morgan fingerprint density at radius 3 is 2.33 bits per heavy atom. The van der Waals surface area contributed by atoms with E-state index >= 15 is 0 Å². The number of nitrogens with one attached hydrogen (secondary N) is 3. The van der Waals surface area contributed by atoms with Crippen molar-refractivity contribution in [2.75, 3.05) is 7.05 Å². The summed E-state index contributed by atoms with van der Waals surface area (Å²) in [6.45, 7) is 7.79. The summed E-state index contributed by atoms with van der Waals surface area (Å²) in [5.74, 6) is 0.496. The Kier molecular flexibility index (Phi) is 5.40. The van der Waals surface area contributed by atoms with Crippen LogP contribution in [0.4, 0.5) is 0 Å². The molecule has 0 aliphatic heterocycles. The van der Waals surface area contributed by atoms with Gasteiger partial charge in [-0.2, -0.15) is 0 Å². The van der Waals surface area contributed by atoms with E-state index in [1.165, 1.54) is 0 Å². The Morgan fingerprint density at radius 1 is 1.47 bits per heavy atom. The van der Waals surface area contributed by atoms with Gasteiger partial charge in [0, 0.05) is 18.3 Å². The summed E-state index contributed by atoms with van der Waals surface area (Å²) >= 11 is 0. The first kappa shape index (κ1) is 14.0. The van der Waals surface area contributed by atoms with Crippen LogP contribution in [-0.4, -0.2) is 26.2 Å². The standard InChI is InChI=1S/C10H22BN3O/c1-6-7(8(15)10(2,3)4)11-14-9(12)13-5/h7,11H,6H2,1-5H3,(H3,12,13,14). The SMILES string of the molecule is CCC(BNC(=N)NC)C(=O)C(C)(C)C. The van der Waals surface area contributed by atoms with E-state index in [1.807, 2.05) is 27.7 Å². The molecular weight excluding hydrogens is 189 g/mol. The topological polar surface area (TPSA) is 65.0 Å². The van der Waals surface area contributed by atoms with Crippen LogP contribution in [0.15, 0.2) is 0 Å². The summed E-state index contributed by atoms with van der Waals surface area (Å²) in [5, 5.41) is 12.9. The number of carbonyl (C=O) groups is 1. The quantitative estimate of drug-likeness (QED) is 0.367. The first-order valence-corrected chi connectivity index (χ1v) is 5.37. The fourth-order valence-electron chi connectivity index (χ4n) is 1.35. The van der Waals surface area contributed by atoms with Crippen molar-refractivity contribution in [3.05, 3.63) is 0 Å². The number of carbonyl (C=O) groups excluding carboxylic acids is 1. The molecule has 0 aliphatic carbocycles. The zero-order chi connectivity index (χ0) is 12.1. The second-order valence-corrected chi connectivity index (χ2v) is 4.73. The highest BCUT2D eigenvalue weighted by Gasteiger charge is 2.29. The number of rotatable bonds is 4. The zero-order valence-electron chi connectivity index (χ0n) is 10.4. The molecule has 1 unspecified atom stereocenters. The lowest BCUT2D eigenvalue weighted by molar-refractivity contribution is -0.126. The number of guanidine groups is 1. The van der Waals surface area contributed by atoms with Crippen LogP contribution in [0.1, 0.15) is 34.1 Å². The van der Waals surface area contributed by atoms with Crippen molar-refractivity contribution < 1.29 is 4.79 Å². The molecule has 0 aliphatic rings. The molecule has 15 heavy (non-hydrogen) atoms. The van der Waals surface area contributed by atoms with Crippen molar-refractivity contribution in [2.24, 2.45) is 5.41 Å². The summed E-state index contributed by atoms with van der Waals surface area (Å²) in [4.78, 5) is 12.0. The predicted molar refractivity (Wildman–Crippen MR) is 65.6 cm³/mol. The van der Waals surface area contributed by atoms with Gasteiger partial charge in [0.2, 0.25) is 7.41 Å². The van der Waals surface area contributed by atoms with Crippen molar-refractivity contribution in [3.63, 3.8) is 0 Å². The fourth-order valence-corrected chi connectivity index (χ4v) is 1.35. The van der Waals surface area contributed by atoms with Gasteiger partial charge in [0.1, 0.15) is 5.78 Å². The highest BCUT2D eigenvalue weighted by atomic mass is 16.1. The van der Waals surface area contributed by atoms with Gasteiger partial charge in [0.15, 0.2) is 5.96 Å². The molecule has 0 rings (SSSR count). The van der Waals surface area contributed by atoms with E-state index in [-0.39, 0.29) is 23.0 Å². The van der Waals surface area contributed by atoms with E-state index in [9.17, 15) is 4.79 Å². The highest BCUT2D eigenvalue weighted by molar-refractivity contribution is 6.45. The van der Waals surface area contributed by atoms with Gasteiger partial charge in [-0.1, -0.05) is 34.1 Å². The van der Waals surface area contributed by atoms with Crippen LogP contribution < -0.4 is 10.5 Å². The molecule has 0 aromatic heterocycles. The number of ketones is 1. The van der Waals surface area contributed by atoms with E-state index in [0.29, 0.717) is 7.41 Å². The number of Topliss-reactive ketones (excluding diaryl/α,β-unsaturated/α-hetero) is 1. The summed E-state index contributed by atoms with van der Waals surface area (Å²) in [6, 6.07) is 0. The molecule has 86 valence electrons. The van der Waals surface area contributed by atoms with Crippen molar-refractivity contribution in [2.45, 2.75) is 39.9 Å². The normalized spacial score (nSPS) is 12.9. The van der Waals surface area contributed by atoms with Gasteiger partial charge in [0.25, 0.3) is 0 Å². The lowest BCUT2D eigenvalue weighted by Crippen LogP contribution is -2.41. The molecular formula is C10H22BN3O. The minimum atomic E-state index is -0.301. The van der Waals surface area contributed by atoms with Crippen molar-refractivity contribution in [1.29, 1.82) is 5.41 Å². The van der Waals surface area contributed by atoms with Crippen LogP contribution in [0, 0.1) is 10.8 Å². The Bertz CT molecular complexity index is 235. The van der Waals surface area contributed by atoms with Gasteiger partial charge < -0.3 is 10.5 Å². The first-order valence-electron chi connectivity index (χ1n) is 5.37. The van der Waals surface area contributed by atoms with E-state index in [1.54, 1.807) is 7.05 Å². The summed E-state index contributed by atoms with van der Waals surface area (Å²) < 4.78 is 0. The molecule has 0 saturated carbocycles. The molecule has 0 saturated heterocycles. The number of hydrogen-bond donors (Lipinski definition) is 3. The lowest BCUT2D eigenvalue weighted by atomic mass is 9.65. The molecule has 5 heteroatoms. The van der Waals surface area contributed by atoms with Gasteiger partial charge in [0.05, 0.1) is 0 Å². The van der Waals surface area contributed by atoms with Crippen LogP contribution >= 0.6 is 0 Å². The highest BCUT2D eigenvalue weighted by Crippen LogP contribution is 2.24. The average Bonchev–Trinajstić information content (AvgIpc) is 2.16. The number of hydrogen-bond acceptors (Lipinski definition) is 2. The Morgan fingerprint density at radius 2 is 2.00 bits per heavy atom. The van der Waals surface area contributed by atoms with E-state index in [4.69, 9.17) is 5.41 Å². The maximum atomic E-state index is 12.0. The van der Waals surface area contributed by atoms with Crippen molar-refractivity contribution in [3.8, 4) is 0 Å². The average molecular weight is 211 g/mol. The Balaban J connectivity index is 4.26. The van der Waals surface area contributed by atoms with Crippen LogP contribution in [0.25, 0.3) is 0 Å². The third-order valence-corrected chi connectivity index (χ3v) is 2.38.